The molecule has 1 aliphatic carbocycles. The maximum absolute atomic E-state index is 6.10. The zero-order chi connectivity index (χ0) is 12.3. The van der Waals surface area contributed by atoms with Crippen LogP contribution in [0.3, 0.4) is 0 Å². The Labute approximate surface area is 119 Å². The lowest BCUT2D eigenvalue weighted by molar-refractivity contribution is -0.0834. The van der Waals surface area contributed by atoms with Crippen molar-refractivity contribution in [3.05, 3.63) is 0 Å². The Balaban J connectivity index is 1.44. The molecule has 2 atom stereocenters. The molecule has 3 fully saturated rings. The summed E-state index contributed by atoms with van der Waals surface area (Å²) in [5.41, 5.74) is 0.268. The second kappa shape index (κ2) is 6.38. The topological polar surface area (TPSA) is 21.3 Å². The minimum Gasteiger partial charge on any atom is -0.375 e. The molecule has 0 amide bonds. The Hall–Kier alpha value is 0.620. The van der Waals surface area contributed by atoms with E-state index in [1.807, 2.05) is 0 Å². The van der Waals surface area contributed by atoms with E-state index < -0.39 is 0 Å². The van der Waals surface area contributed by atoms with E-state index in [0.29, 0.717) is 6.04 Å². The first-order chi connectivity index (χ1) is 8.86. The van der Waals surface area contributed by atoms with Crippen LogP contribution in [0.1, 0.15) is 38.5 Å². The van der Waals surface area contributed by atoms with Gasteiger partial charge in [0.25, 0.3) is 0 Å². The van der Waals surface area contributed by atoms with Gasteiger partial charge in [-0.1, -0.05) is 12.8 Å². The number of hydrogen-bond donors (Lipinski definition) is 1. The summed E-state index contributed by atoms with van der Waals surface area (Å²) >= 11 is 4.28. The molecule has 0 bridgehead atoms. The lowest BCUT2D eigenvalue weighted by Crippen LogP contribution is -2.47. The number of rotatable bonds is 3. The average molecular weight is 287 g/mol. The van der Waals surface area contributed by atoms with E-state index in [4.69, 9.17) is 4.74 Å². The van der Waals surface area contributed by atoms with Crippen LogP contribution in [0.4, 0.5) is 0 Å². The summed E-state index contributed by atoms with van der Waals surface area (Å²) in [6.07, 6.45) is 7.84. The van der Waals surface area contributed by atoms with Crippen molar-refractivity contribution in [3.8, 4) is 0 Å². The van der Waals surface area contributed by atoms with Crippen molar-refractivity contribution in [1.29, 1.82) is 0 Å². The van der Waals surface area contributed by atoms with Crippen molar-refractivity contribution in [3.63, 3.8) is 0 Å². The van der Waals surface area contributed by atoms with Gasteiger partial charge in [0.2, 0.25) is 0 Å². The molecule has 1 N–H and O–H groups in total. The Kier molecular flexibility index (Phi) is 4.82. The van der Waals surface area contributed by atoms with E-state index in [0.717, 1.165) is 11.9 Å². The fraction of sp³-hybridized carbons (Fsp3) is 1.00. The van der Waals surface area contributed by atoms with Crippen LogP contribution >= 0.6 is 23.5 Å². The molecule has 0 aromatic rings. The summed E-state index contributed by atoms with van der Waals surface area (Å²) in [5, 5.41) is 4.67. The molecule has 3 rings (SSSR count). The molecule has 0 aromatic heterocycles. The van der Waals surface area contributed by atoms with Crippen molar-refractivity contribution in [2.45, 2.75) is 55.4 Å². The standard InChI is InChI=1S/C14H25NOS2/c1-2-5-14(4-1)9-12(3-6-16-14)15-10-13-11-17-7-8-18-13/h12-13,15H,1-11H2. The van der Waals surface area contributed by atoms with Gasteiger partial charge in [-0.15, -0.1) is 0 Å². The van der Waals surface area contributed by atoms with Crippen molar-refractivity contribution in [2.24, 2.45) is 0 Å². The second-order valence-corrected chi connectivity index (χ2v) is 8.46. The fourth-order valence-electron chi connectivity index (χ4n) is 3.52. The Morgan fingerprint density at radius 3 is 2.89 bits per heavy atom. The van der Waals surface area contributed by atoms with Crippen LogP contribution in [0.2, 0.25) is 0 Å². The Morgan fingerprint density at radius 2 is 2.11 bits per heavy atom. The summed E-state index contributed by atoms with van der Waals surface area (Å²) in [7, 11) is 0. The third-order valence-electron chi connectivity index (χ3n) is 4.53. The summed E-state index contributed by atoms with van der Waals surface area (Å²) in [6, 6.07) is 0.712. The molecule has 2 nitrogen and oxygen atoms in total. The van der Waals surface area contributed by atoms with Crippen LogP contribution in [0.5, 0.6) is 0 Å². The first-order valence-corrected chi connectivity index (χ1v) is 9.63. The molecule has 3 aliphatic rings. The van der Waals surface area contributed by atoms with Crippen LogP contribution in [0.25, 0.3) is 0 Å². The van der Waals surface area contributed by atoms with Gasteiger partial charge in [0.05, 0.1) is 5.60 Å². The normalized spacial score (nSPS) is 36.0. The van der Waals surface area contributed by atoms with Crippen LogP contribution in [0.15, 0.2) is 0 Å². The molecular formula is C14H25NOS2. The van der Waals surface area contributed by atoms with E-state index >= 15 is 0 Å². The monoisotopic (exact) mass is 287 g/mol. The van der Waals surface area contributed by atoms with E-state index in [1.165, 1.54) is 62.3 Å². The molecule has 104 valence electrons. The second-order valence-electron chi connectivity index (χ2n) is 5.90. The van der Waals surface area contributed by atoms with E-state index in [9.17, 15) is 0 Å². The van der Waals surface area contributed by atoms with Gasteiger partial charge < -0.3 is 10.1 Å². The quantitative estimate of drug-likeness (QED) is 0.861. The first-order valence-electron chi connectivity index (χ1n) is 7.43. The van der Waals surface area contributed by atoms with E-state index in [-0.39, 0.29) is 5.60 Å². The lowest BCUT2D eigenvalue weighted by Gasteiger charge is -2.39. The predicted molar refractivity (Wildman–Crippen MR) is 81.7 cm³/mol. The van der Waals surface area contributed by atoms with Gasteiger partial charge in [-0.2, -0.15) is 23.5 Å². The SMILES string of the molecule is C1CCC2(C1)CC(NCC1CSCCS1)CCO2. The van der Waals surface area contributed by atoms with Crippen LogP contribution in [0, 0.1) is 0 Å². The molecule has 0 aromatic carbocycles. The van der Waals surface area contributed by atoms with Crippen LogP contribution in [-0.4, -0.2) is 47.3 Å². The third-order valence-corrected chi connectivity index (χ3v) is 7.37. The molecule has 2 aliphatic heterocycles. The highest BCUT2D eigenvalue weighted by Crippen LogP contribution is 2.40. The Bertz CT molecular complexity index is 263. The third kappa shape index (κ3) is 3.38. The van der Waals surface area contributed by atoms with Gasteiger partial charge in [0.15, 0.2) is 0 Å². The maximum atomic E-state index is 6.10. The molecule has 2 unspecified atom stereocenters. The minimum atomic E-state index is 0.268. The lowest BCUT2D eigenvalue weighted by atomic mass is 9.89. The van der Waals surface area contributed by atoms with Crippen LogP contribution < -0.4 is 5.32 Å². The number of nitrogens with one attached hydrogen (secondary N) is 1. The smallest absolute Gasteiger partial charge is 0.0697 e. The van der Waals surface area contributed by atoms with Crippen molar-refractivity contribution < 1.29 is 4.74 Å². The van der Waals surface area contributed by atoms with Gasteiger partial charge in [0.1, 0.15) is 0 Å². The minimum absolute atomic E-state index is 0.268. The molecule has 2 saturated heterocycles. The van der Waals surface area contributed by atoms with Crippen LogP contribution in [-0.2, 0) is 4.74 Å². The van der Waals surface area contributed by atoms with Gasteiger partial charge >= 0.3 is 0 Å². The number of hydrogen-bond acceptors (Lipinski definition) is 4. The number of ether oxygens (including phenoxy) is 1. The summed E-state index contributed by atoms with van der Waals surface area (Å²) in [4.78, 5) is 0. The molecule has 2 heterocycles. The van der Waals surface area contributed by atoms with Crippen molar-refractivity contribution >= 4 is 23.5 Å². The highest BCUT2D eigenvalue weighted by Gasteiger charge is 2.39. The number of thioether (sulfide) groups is 2. The summed E-state index contributed by atoms with van der Waals surface area (Å²) < 4.78 is 6.10. The van der Waals surface area contributed by atoms with Crippen molar-refractivity contribution in [1.82, 2.24) is 5.32 Å². The fourth-order valence-corrected chi connectivity index (χ4v) is 6.15. The average Bonchev–Trinajstić information content (AvgIpc) is 2.86. The van der Waals surface area contributed by atoms with Gasteiger partial charge in [-0.25, -0.2) is 0 Å². The first kappa shape index (κ1) is 13.6. The van der Waals surface area contributed by atoms with E-state index in [2.05, 4.69) is 28.8 Å². The Morgan fingerprint density at radius 1 is 1.22 bits per heavy atom. The molecule has 1 saturated carbocycles. The van der Waals surface area contributed by atoms with E-state index in [1.54, 1.807) is 0 Å². The predicted octanol–water partition coefficient (Wildman–Crippen LogP) is 2.92. The highest BCUT2D eigenvalue weighted by atomic mass is 32.2. The zero-order valence-corrected chi connectivity index (χ0v) is 12.8. The largest absolute Gasteiger partial charge is 0.375 e. The molecule has 1 spiro atoms. The highest BCUT2D eigenvalue weighted by molar-refractivity contribution is 8.06. The molecular weight excluding hydrogens is 262 g/mol. The van der Waals surface area contributed by atoms with Gasteiger partial charge in [-0.05, 0) is 25.7 Å². The summed E-state index contributed by atoms with van der Waals surface area (Å²) in [5.74, 6) is 4.03. The molecule has 4 heteroatoms. The molecule has 18 heavy (non-hydrogen) atoms. The molecule has 0 radical (unpaired) electrons. The van der Waals surface area contributed by atoms with Gasteiger partial charge in [0, 0.05) is 41.7 Å². The zero-order valence-electron chi connectivity index (χ0n) is 11.2. The van der Waals surface area contributed by atoms with Gasteiger partial charge in [-0.3, -0.25) is 0 Å². The maximum Gasteiger partial charge on any atom is 0.0697 e. The summed E-state index contributed by atoms with van der Waals surface area (Å²) in [6.45, 7) is 2.18. The van der Waals surface area contributed by atoms with Crippen molar-refractivity contribution in [2.75, 3.05) is 30.4 Å².